The van der Waals surface area contributed by atoms with Gasteiger partial charge in [-0.1, -0.05) is 12.1 Å². The van der Waals surface area contributed by atoms with Crippen molar-refractivity contribution < 1.29 is 8.78 Å². The summed E-state index contributed by atoms with van der Waals surface area (Å²) in [5.41, 5.74) is 0. The van der Waals surface area contributed by atoms with E-state index in [4.69, 9.17) is 0 Å². The number of fused-ring (bicyclic) bond motifs is 1. The minimum Gasteiger partial charge on any atom is -0.202 e. The van der Waals surface area contributed by atoms with Gasteiger partial charge in [0.25, 0.3) is 0 Å². The van der Waals surface area contributed by atoms with Gasteiger partial charge in [-0.15, -0.1) is 11.3 Å². The average molecular weight is 249 g/mol. The van der Waals surface area contributed by atoms with Crippen molar-refractivity contribution in [2.75, 3.05) is 0 Å². The molecule has 0 aliphatic heterocycles. The molecule has 0 nitrogen and oxygen atoms in total. The van der Waals surface area contributed by atoms with Crippen molar-refractivity contribution >= 4 is 37.4 Å². The van der Waals surface area contributed by atoms with E-state index in [1.54, 1.807) is 18.2 Å². The zero-order valence-electron chi connectivity index (χ0n) is 5.77. The van der Waals surface area contributed by atoms with Crippen LogP contribution in [0.5, 0.6) is 0 Å². The Kier molecular flexibility index (Phi) is 1.88. The van der Waals surface area contributed by atoms with Crippen molar-refractivity contribution in [3.05, 3.63) is 33.6 Å². The van der Waals surface area contributed by atoms with Crippen LogP contribution in [0, 0.1) is 10.9 Å². The molecule has 0 aliphatic rings. The second-order valence-electron chi connectivity index (χ2n) is 2.31. The zero-order valence-corrected chi connectivity index (χ0v) is 8.18. The fourth-order valence-corrected chi connectivity index (χ4v) is 2.45. The van der Waals surface area contributed by atoms with Crippen molar-refractivity contribution in [2.24, 2.45) is 0 Å². The highest BCUT2D eigenvalue weighted by molar-refractivity contribution is 9.10. The van der Waals surface area contributed by atoms with Gasteiger partial charge < -0.3 is 0 Å². The molecule has 2 rings (SSSR count). The van der Waals surface area contributed by atoms with E-state index in [0.717, 1.165) is 15.8 Å². The number of hydrogen-bond acceptors (Lipinski definition) is 1. The van der Waals surface area contributed by atoms with Crippen LogP contribution in [0.2, 0.25) is 0 Å². The van der Waals surface area contributed by atoms with E-state index in [-0.39, 0.29) is 0 Å². The number of hydrogen-bond donors (Lipinski definition) is 0. The third-order valence-electron chi connectivity index (χ3n) is 1.57. The Balaban J connectivity index is 2.95. The van der Waals surface area contributed by atoms with Crippen LogP contribution < -0.4 is 0 Å². The van der Waals surface area contributed by atoms with Gasteiger partial charge in [-0.05, 0) is 22.0 Å². The average Bonchev–Trinajstić information content (AvgIpc) is 2.32. The predicted octanol–water partition coefficient (Wildman–Crippen LogP) is 3.94. The molecule has 0 unspecified atom stereocenters. The second kappa shape index (κ2) is 2.78. The summed E-state index contributed by atoms with van der Waals surface area (Å²) in [6, 6.07) is 5.01. The van der Waals surface area contributed by atoms with Gasteiger partial charge in [0.1, 0.15) is 0 Å². The van der Waals surface area contributed by atoms with Crippen LogP contribution in [0.25, 0.3) is 10.1 Å². The maximum atomic E-state index is 13.0. The summed E-state index contributed by atoms with van der Waals surface area (Å²) in [5, 5.41) is -0.413. The Bertz CT molecular complexity index is 436. The first-order valence-corrected chi connectivity index (χ1v) is 4.83. The van der Waals surface area contributed by atoms with E-state index in [1.165, 1.54) is 0 Å². The Morgan fingerprint density at radius 3 is 2.67 bits per heavy atom. The van der Waals surface area contributed by atoms with E-state index >= 15 is 0 Å². The predicted molar refractivity (Wildman–Crippen MR) is 49.4 cm³/mol. The van der Waals surface area contributed by atoms with Gasteiger partial charge in [-0.2, -0.15) is 4.39 Å². The molecule has 0 saturated carbocycles. The summed E-state index contributed by atoms with van der Waals surface area (Å²) >= 11 is 4.04. The third kappa shape index (κ3) is 1.06. The molecule has 0 bridgehead atoms. The van der Waals surface area contributed by atoms with Gasteiger partial charge in [0.2, 0.25) is 5.13 Å². The molecule has 62 valence electrons. The van der Waals surface area contributed by atoms with Crippen molar-refractivity contribution in [2.45, 2.75) is 0 Å². The van der Waals surface area contributed by atoms with Crippen LogP contribution in [0.15, 0.2) is 22.7 Å². The van der Waals surface area contributed by atoms with E-state index in [9.17, 15) is 8.78 Å². The van der Waals surface area contributed by atoms with Crippen LogP contribution in [0.4, 0.5) is 8.78 Å². The van der Waals surface area contributed by atoms with Gasteiger partial charge in [0, 0.05) is 9.86 Å². The van der Waals surface area contributed by atoms with E-state index in [1.807, 2.05) is 0 Å². The van der Waals surface area contributed by atoms with Gasteiger partial charge in [-0.3, -0.25) is 0 Å². The highest BCUT2D eigenvalue weighted by atomic mass is 79.9. The summed E-state index contributed by atoms with van der Waals surface area (Å²) in [7, 11) is 0. The number of benzene rings is 1. The molecule has 0 radical (unpaired) electrons. The molecule has 0 fully saturated rings. The van der Waals surface area contributed by atoms with Crippen molar-refractivity contribution in [3.8, 4) is 0 Å². The molecule has 0 N–H and O–H groups in total. The Hall–Kier alpha value is -0.480. The highest BCUT2D eigenvalue weighted by Gasteiger charge is 2.12. The second-order valence-corrected chi connectivity index (χ2v) is 4.13. The van der Waals surface area contributed by atoms with Gasteiger partial charge in [0.05, 0.1) is 4.70 Å². The molecule has 1 aromatic carbocycles. The topological polar surface area (TPSA) is 0 Å². The lowest BCUT2D eigenvalue weighted by atomic mass is 10.3. The van der Waals surface area contributed by atoms with Crippen molar-refractivity contribution in [1.82, 2.24) is 0 Å². The van der Waals surface area contributed by atoms with Crippen molar-refractivity contribution in [1.29, 1.82) is 0 Å². The minimum atomic E-state index is -0.753. The lowest BCUT2D eigenvalue weighted by Crippen LogP contribution is -1.71. The number of halogens is 3. The molecule has 12 heavy (non-hydrogen) atoms. The molecule has 1 aromatic heterocycles. The molecular formula is C8H3BrF2S. The molecule has 0 aliphatic carbocycles. The molecule has 0 amide bonds. The van der Waals surface area contributed by atoms with E-state index < -0.39 is 10.9 Å². The fourth-order valence-electron chi connectivity index (χ4n) is 1.03. The van der Waals surface area contributed by atoms with E-state index in [2.05, 4.69) is 15.9 Å². The number of rotatable bonds is 0. The van der Waals surface area contributed by atoms with Crippen LogP contribution >= 0.6 is 27.3 Å². The summed E-state index contributed by atoms with van der Waals surface area (Å²) in [5.74, 6) is -0.753. The molecule has 0 saturated heterocycles. The first-order valence-electron chi connectivity index (χ1n) is 3.22. The summed E-state index contributed by atoms with van der Waals surface area (Å²) < 4.78 is 27.0. The molecular weight excluding hydrogens is 246 g/mol. The number of thiophene rings is 1. The van der Waals surface area contributed by atoms with Crippen molar-refractivity contribution in [3.63, 3.8) is 0 Å². The first kappa shape index (κ1) is 8.13. The maximum absolute atomic E-state index is 13.0. The standard InChI is InChI=1S/C8H3BrF2S/c9-5-3-1-2-4-6(10)8(11)12-7(4)5/h1-3H. The Labute approximate surface area is 80.0 Å². The monoisotopic (exact) mass is 248 g/mol. The largest absolute Gasteiger partial charge is 0.213 e. The molecule has 2 aromatic rings. The summed E-state index contributed by atoms with van der Waals surface area (Å²) in [4.78, 5) is 0. The third-order valence-corrected chi connectivity index (χ3v) is 3.49. The van der Waals surface area contributed by atoms with E-state index in [0.29, 0.717) is 10.1 Å². The van der Waals surface area contributed by atoms with Crippen LogP contribution in [0.3, 0.4) is 0 Å². The van der Waals surface area contributed by atoms with Gasteiger partial charge in [0.15, 0.2) is 5.82 Å². The van der Waals surface area contributed by atoms with Gasteiger partial charge >= 0.3 is 0 Å². The summed E-state index contributed by atoms with van der Waals surface area (Å²) in [6.45, 7) is 0. The zero-order chi connectivity index (χ0) is 8.72. The Morgan fingerprint density at radius 2 is 2.00 bits per heavy atom. The van der Waals surface area contributed by atoms with Gasteiger partial charge in [-0.25, -0.2) is 4.39 Å². The normalized spacial score (nSPS) is 10.9. The quantitative estimate of drug-likeness (QED) is 0.663. The first-order chi connectivity index (χ1) is 5.70. The highest BCUT2D eigenvalue weighted by Crippen LogP contribution is 2.33. The molecule has 0 atom stereocenters. The van der Waals surface area contributed by atoms with Crippen LogP contribution in [-0.4, -0.2) is 0 Å². The summed E-state index contributed by atoms with van der Waals surface area (Å²) in [6.07, 6.45) is 0. The molecule has 1 heterocycles. The lowest BCUT2D eigenvalue weighted by molar-refractivity contribution is 0.538. The molecule has 4 heteroatoms. The lowest BCUT2D eigenvalue weighted by Gasteiger charge is -1.90. The van der Waals surface area contributed by atoms with Crippen LogP contribution in [0.1, 0.15) is 0 Å². The smallest absolute Gasteiger partial charge is 0.202 e. The Morgan fingerprint density at radius 1 is 1.25 bits per heavy atom. The maximum Gasteiger partial charge on any atom is 0.213 e. The molecule has 0 spiro atoms. The fraction of sp³-hybridized carbons (Fsp3) is 0. The minimum absolute atomic E-state index is 0.340. The SMILES string of the molecule is Fc1sc2c(Br)cccc2c1F. The van der Waals surface area contributed by atoms with Crippen LogP contribution in [-0.2, 0) is 0 Å².